The van der Waals surface area contributed by atoms with Crippen LogP contribution in [0.1, 0.15) is 58.3 Å². The lowest BCUT2D eigenvalue weighted by atomic mass is 9.50. The summed E-state index contributed by atoms with van der Waals surface area (Å²) in [6.45, 7) is 2.81. The van der Waals surface area contributed by atoms with Crippen molar-refractivity contribution in [2.45, 2.75) is 58.3 Å². The molecule has 0 N–H and O–H groups in total. The summed E-state index contributed by atoms with van der Waals surface area (Å²) in [7, 11) is 0. The average Bonchev–Trinajstić information content (AvgIpc) is 3.35. The van der Waals surface area contributed by atoms with Gasteiger partial charge in [0.15, 0.2) is 0 Å². The third-order valence-corrected chi connectivity index (χ3v) is 12.3. The van der Waals surface area contributed by atoms with Crippen molar-refractivity contribution in [3.8, 4) is 0 Å². The zero-order chi connectivity index (χ0) is 14.7. The Kier molecular flexibility index (Phi) is 1.86. The molecule has 0 nitrogen and oxygen atoms in total. The van der Waals surface area contributed by atoms with Crippen LogP contribution in [0.4, 0.5) is 0 Å². The molecule has 0 heteroatoms. The number of hydrogen-bond acceptors (Lipinski definition) is 0. The van der Waals surface area contributed by atoms with E-state index < -0.39 is 0 Å². The van der Waals surface area contributed by atoms with Crippen molar-refractivity contribution in [2.75, 3.05) is 0 Å². The lowest BCUT2D eigenvalue weighted by Crippen LogP contribution is -2.50. The Labute approximate surface area is 141 Å². The third-order valence-electron chi connectivity index (χ3n) is 12.3. The highest BCUT2D eigenvalue weighted by molar-refractivity contribution is 5.26. The molecule has 14 unspecified atom stereocenters. The van der Waals surface area contributed by atoms with Crippen molar-refractivity contribution in [2.24, 2.45) is 82.3 Å². The molecular formula is C23H32. The zero-order valence-corrected chi connectivity index (χ0v) is 14.7. The van der Waals surface area contributed by atoms with Crippen LogP contribution in [-0.2, 0) is 0 Å². The standard InChI is InChI=1S/C23H32/c1-23-13-5-4-12(7-13)22(23)16-9-17(23)21-15-8-14(20(16)21)18-10-2-3-11(6-10)19(15)18/h10-22H,2-9H2,1H3. The van der Waals surface area contributed by atoms with E-state index in [0.29, 0.717) is 0 Å². The molecule has 8 aliphatic rings. The van der Waals surface area contributed by atoms with Gasteiger partial charge in [0, 0.05) is 0 Å². The Hall–Kier alpha value is 0. The van der Waals surface area contributed by atoms with Crippen LogP contribution in [-0.4, -0.2) is 0 Å². The van der Waals surface area contributed by atoms with Crippen LogP contribution < -0.4 is 0 Å². The third kappa shape index (κ3) is 1.04. The second-order valence-corrected chi connectivity index (χ2v) is 11.9. The minimum absolute atomic E-state index is 0.826. The summed E-state index contributed by atoms with van der Waals surface area (Å²) in [5.74, 6) is 15.7. The largest absolute Gasteiger partial charge is 0.0588 e. The summed E-state index contributed by atoms with van der Waals surface area (Å²) in [4.78, 5) is 0. The number of fused-ring (bicyclic) bond motifs is 23. The Morgan fingerprint density at radius 1 is 0.609 bits per heavy atom. The molecule has 0 heterocycles. The molecule has 8 bridgehead atoms. The molecule has 8 saturated carbocycles. The van der Waals surface area contributed by atoms with Crippen LogP contribution in [0.15, 0.2) is 0 Å². The molecule has 23 heavy (non-hydrogen) atoms. The van der Waals surface area contributed by atoms with Crippen LogP contribution in [0, 0.1) is 82.3 Å². The second-order valence-electron chi connectivity index (χ2n) is 11.9. The van der Waals surface area contributed by atoms with E-state index in [2.05, 4.69) is 6.92 Å². The topological polar surface area (TPSA) is 0 Å². The summed E-state index contributed by atoms with van der Waals surface area (Å²) < 4.78 is 0. The van der Waals surface area contributed by atoms with Crippen molar-refractivity contribution < 1.29 is 0 Å². The van der Waals surface area contributed by atoms with Crippen LogP contribution in [0.3, 0.4) is 0 Å². The van der Waals surface area contributed by atoms with Crippen LogP contribution >= 0.6 is 0 Å². The van der Waals surface area contributed by atoms with E-state index in [1.54, 1.807) is 51.4 Å². The molecule has 0 saturated heterocycles. The Balaban J connectivity index is 1.26. The molecule has 0 radical (unpaired) electrons. The van der Waals surface area contributed by atoms with Gasteiger partial charge < -0.3 is 0 Å². The normalized spacial score (nSPS) is 77.9. The summed E-state index contributed by atoms with van der Waals surface area (Å²) in [6, 6.07) is 0. The lowest BCUT2D eigenvalue weighted by Gasteiger charge is -2.54. The van der Waals surface area contributed by atoms with Crippen molar-refractivity contribution >= 4 is 0 Å². The molecule has 0 aromatic rings. The molecule has 14 atom stereocenters. The monoisotopic (exact) mass is 308 g/mol. The minimum atomic E-state index is 0.826. The van der Waals surface area contributed by atoms with Crippen LogP contribution in [0.5, 0.6) is 0 Å². The van der Waals surface area contributed by atoms with Gasteiger partial charge >= 0.3 is 0 Å². The average molecular weight is 309 g/mol. The van der Waals surface area contributed by atoms with E-state index in [1.165, 1.54) is 71.0 Å². The highest BCUT2D eigenvalue weighted by atomic mass is 14.8. The second kappa shape index (κ2) is 3.45. The first-order valence-corrected chi connectivity index (χ1v) is 11.3. The Morgan fingerprint density at radius 3 is 2.17 bits per heavy atom. The van der Waals surface area contributed by atoms with E-state index in [0.717, 1.165) is 11.3 Å². The van der Waals surface area contributed by atoms with Gasteiger partial charge in [-0.2, -0.15) is 0 Å². The fourth-order valence-electron chi connectivity index (χ4n) is 12.6. The molecule has 8 rings (SSSR count). The van der Waals surface area contributed by atoms with Crippen molar-refractivity contribution in [1.29, 1.82) is 0 Å². The first-order valence-electron chi connectivity index (χ1n) is 11.3. The van der Waals surface area contributed by atoms with Gasteiger partial charge in [0.1, 0.15) is 0 Å². The summed E-state index contributed by atoms with van der Waals surface area (Å²) in [6.07, 6.45) is 13.2. The molecule has 0 aromatic heterocycles. The minimum Gasteiger partial charge on any atom is -0.0588 e. The fraction of sp³-hybridized carbons (Fsp3) is 1.00. The quantitative estimate of drug-likeness (QED) is 0.537. The van der Waals surface area contributed by atoms with E-state index >= 15 is 0 Å². The zero-order valence-electron chi connectivity index (χ0n) is 14.7. The molecular weight excluding hydrogens is 276 g/mol. The fourth-order valence-corrected chi connectivity index (χ4v) is 12.6. The molecule has 0 amide bonds. The van der Waals surface area contributed by atoms with E-state index in [1.807, 2.05) is 0 Å². The molecule has 8 fully saturated rings. The maximum absolute atomic E-state index is 2.81. The molecule has 0 aliphatic heterocycles. The highest BCUT2D eigenvalue weighted by Crippen LogP contribution is 2.84. The van der Waals surface area contributed by atoms with Crippen molar-refractivity contribution in [3.05, 3.63) is 0 Å². The molecule has 8 aliphatic carbocycles. The van der Waals surface area contributed by atoms with Gasteiger partial charge in [-0.3, -0.25) is 0 Å². The predicted octanol–water partition coefficient (Wildman–Crippen LogP) is 5.23. The maximum atomic E-state index is 2.81. The smallest absolute Gasteiger partial charge is 0.0232 e. The summed E-state index contributed by atoms with van der Waals surface area (Å²) in [5, 5.41) is 0. The summed E-state index contributed by atoms with van der Waals surface area (Å²) in [5.41, 5.74) is 0.826. The van der Waals surface area contributed by atoms with E-state index in [9.17, 15) is 0 Å². The van der Waals surface area contributed by atoms with Crippen LogP contribution in [0.2, 0.25) is 0 Å². The van der Waals surface area contributed by atoms with Gasteiger partial charge in [0.05, 0.1) is 0 Å². The van der Waals surface area contributed by atoms with E-state index in [-0.39, 0.29) is 0 Å². The Bertz CT molecular complexity index is 607. The van der Waals surface area contributed by atoms with Gasteiger partial charge in [0.25, 0.3) is 0 Å². The Morgan fingerprint density at radius 2 is 1.35 bits per heavy atom. The highest BCUT2D eigenvalue weighted by Gasteiger charge is 2.78. The van der Waals surface area contributed by atoms with Gasteiger partial charge in [-0.05, 0) is 134 Å². The maximum Gasteiger partial charge on any atom is -0.0232 e. The summed E-state index contributed by atoms with van der Waals surface area (Å²) >= 11 is 0. The SMILES string of the molecule is CC12C3CCC(C3)C1C1CC2C2C3CC(C4C5CCC(C5)C34)C12. The van der Waals surface area contributed by atoms with Crippen LogP contribution in [0.25, 0.3) is 0 Å². The first-order chi connectivity index (χ1) is 11.3. The number of rotatable bonds is 0. The lowest BCUT2D eigenvalue weighted by molar-refractivity contribution is -0.0745. The first kappa shape index (κ1) is 12.4. The van der Waals surface area contributed by atoms with Gasteiger partial charge in [-0.1, -0.05) is 6.92 Å². The van der Waals surface area contributed by atoms with Gasteiger partial charge in [-0.15, -0.1) is 0 Å². The van der Waals surface area contributed by atoms with Gasteiger partial charge in [0.2, 0.25) is 0 Å². The molecule has 124 valence electrons. The van der Waals surface area contributed by atoms with Crippen molar-refractivity contribution in [1.82, 2.24) is 0 Å². The van der Waals surface area contributed by atoms with Gasteiger partial charge in [-0.25, -0.2) is 0 Å². The molecule has 0 spiro atoms. The number of hydrogen-bond donors (Lipinski definition) is 0. The van der Waals surface area contributed by atoms with Crippen molar-refractivity contribution in [3.63, 3.8) is 0 Å². The predicted molar refractivity (Wildman–Crippen MR) is 90.4 cm³/mol. The molecule has 0 aromatic carbocycles. The van der Waals surface area contributed by atoms with E-state index in [4.69, 9.17) is 0 Å².